The second kappa shape index (κ2) is 9.87. The summed E-state index contributed by atoms with van der Waals surface area (Å²) in [5, 5.41) is 11.5. The van der Waals surface area contributed by atoms with E-state index in [1.54, 1.807) is 27.4 Å². The lowest BCUT2D eigenvalue weighted by Gasteiger charge is -2.52. The van der Waals surface area contributed by atoms with E-state index in [0.717, 1.165) is 42.6 Å². The van der Waals surface area contributed by atoms with Crippen molar-refractivity contribution in [1.82, 2.24) is 4.90 Å². The minimum atomic E-state index is -0.743. The Morgan fingerprint density at radius 3 is 2.45 bits per heavy atom. The highest BCUT2D eigenvalue weighted by Crippen LogP contribution is 2.50. The molecule has 4 rings (SSSR count). The fourth-order valence-electron chi connectivity index (χ4n) is 5.36. The highest BCUT2D eigenvalue weighted by atomic mass is 16.5. The number of benzene rings is 2. The summed E-state index contributed by atoms with van der Waals surface area (Å²) in [6.07, 6.45) is 7.81. The smallest absolute Gasteiger partial charge is 0.247 e. The van der Waals surface area contributed by atoms with Gasteiger partial charge in [-0.25, -0.2) is 0 Å². The lowest BCUT2D eigenvalue weighted by Crippen LogP contribution is -2.56. The van der Waals surface area contributed by atoms with Gasteiger partial charge >= 0.3 is 0 Å². The molecular weight excluding hydrogens is 418 g/mol. The van der Waals surface area contributed by atoms with Gasteiger partial charge in [-0.05, 0) is 60.7 Å². The maximum absolute atomic E-state index is 13.4. The molecule has 2 fully saturated rings. The third kappa shape index (κ3) is 4.71. The second-order valence-electron chi connectivity index (χ2n) is 8.90. The number of ether oxygens (including phenoxy) is 3. The molecule has 0 radical (unpaired) electrons. The zero-order valence-corrected chi connectivity index (χ0v) is 19.6. The van der Waals surface area contributed by atoms with Crippen molar-refractivity contribution in [1.29, 1.82) is 0 Å². The number of nitrogens with zero attached hydrogens (tertiary/aromatic N) is 1. The number of piperidine rings is 1. The van der Waals surface area contributed by atoms with Crippen LogP contribution >= 0.6 is 0 Å². The topological polar surface area (TPSA) is 68.2 Å². The van der Waals surface area contributed by atoms with Crippen LogP contribution in [0.3, 0.4) is 0 Å². The molecule has 1 heterocycles. The summed E-state index contributed by atoms with van der Waals surface area (Å²) in [5.74, 6) is 1.98. The first-order valence-corrected chi connectivity index (χ1v) is 11.6. The molecule has 3 atom stereocenters. The number of methoxy groups -OCH3 is 3. The number of carbonyl (C=O) groups is 1. The van der Waals surface area contributed by atoms with Gasteiger partial charge in [0.2, 0.25) is 5.91 Å². The van der Waals surface area contributed by atoms with Crippen LogP contribution in [0.15, 0.2) is 48.5 Å². The lowest BCUT2D eigenvalue weighted by atomic mass is 9.66. The van der Waals surface area contributed by atoms with Gasteiger partial charge in [0.1, 0.15) is 5.75 Å². The van der Waals surface area contributed by atoms with Gasteiger partial charge in [-0.15, -0.1) is 0 Å². The van der Waals surface area contributed by atoms with Crippen molar-refractivity contribution in [2.45, 2.75) is 43.7 Å². The van der Waals surface area contributed by atoms with E-state index in [1.165, 1.54) is 0 Å². The van der Waals surface area contributed by atoms with Gasteiger partial charge < -0.3 is 24.2 Å². The lowest BCUT2D eigenvalue weighted by molar-refractivity contribution is -0.150. The molecule has 3 unspecified atom stereocenters. The average molecular weight is 452 g/mol. The number of hydrogen-bond donors (Lipinski definition) is 1. The number of fused-ring (bicyclic) bond motifs is 1. The third-order valence-corrected chi connectivity index (χ3v) is 7.13. The van der Waals surface area contributed by atoms with E-state index in [-0.39, 0.29) is 17.9 Å². The van der Waals surface area contributed by atoms with Gasteiger partial charge in [0.15, 0.2) is 11.5 Å². The molecule has 2 aliphatic rings. The molecule has 2 aromatic carbocycles. The minimum Gasteiger partial charge on any atom is -0.497 e. The molecule has 33 heavy (non-hydrogen) atoms. The Kier molecular flexibility index (Phi) is 6.94. The van der Waals surface area contributed by atoms with E-state index in [1.807, 2.05) is 53.4 Å². The molecule has 1 saturated heterocycles. The van der Waals surface area contributed by atoms with Gasteiger partial charge in [0.25, 0.3) is 0 Å². The first-order chi connectivity index (χ1) is 16.0. The van der Waals surface area contributed by atoms with E-state index in [2.05, 4.69) is 0 Å². The molecule has 0 aromatic heterocycles. The first-order valence-electron chi connectivity index (χ1n) is 11.6. The number of aliphatic hydroxyl groups is 1. The van der Waals surface area contributed by atoms with E-state index in [4.69, 9.17) is 14.2 Å². The Balaban J connectivity index is 1.66. The van der Waals surface area contributed by atoms with Crippen molar-refractivity contribution in [2.75, 3.05) is 27.9 Å². The van der Waals surface area contributed by atoms with Crippen LogP contribution in [0.5, 0.6) is 17.2 Å². The fourth-order valence-corrected chi connectivity index (χ4v) is 5.36. The molecule has 6 nitrogen and oxygen atoms in total. The highest BCUT2D eigenvalue weighted by Gasteiger charge is 2.50. The predicted molar refractivity (Wildman–Crippen MR) is 128 cm³/mol. The molecule has 176 valence electrons. The van der Waals surface area contributed by atoms with Crippen molar-refractivity contribution < 1.29 is 24.1 Å². The first kappa shape index (κ1) is 23.2. The number of amides is 1. The van der Waals surface area contributed by atoms with Crippen molar-refractivity contribution >= 4 is 12.0 Å². The van der Waals surface area contributed by atoms with E-state index in [9.17, 15) is 9.90 Å². The Morgan fingerprint density at radius 1 is 1.00 bits per heavy atom. The van der Waals surface area contributed by atoms with Gasteiger partial charge in [-0.3, -0.25) is 4.79 Å². The van der Waals surface area contributed by atoms with E-state index in [0.29, 0.717) is 24.5 Å². The normalized spacial score (nSPS) is 24.9. The molecule has 1 saturated carbocycles. The standard InChI is InChI=1S/C27H33NO5/c1-31-21-11-7-19(8-12-21)9-14-25(29)28-17-16-27(30)15-5-4-6-22(27)26(28)20-10-13-23(32-2)24(18-20)33-3/h7-14,18,22,26,30H,4-6,15-17H2,1-3H3. The molecule has 0 bridgehead atoms. The number of likely N-dealkylation sites (tertiary alicyclic amines) is 1. The van der Waals surface area contributed by atoms with Crippen molar-refractivity contribution in [2.24, 2.45) is 5.92 Å². The average Bonchev–Trinajstić information content (AvgIpc) is 2.86. The molecule has 1 N–H and O–H groups in total. The quantitative estimate of drug-likeness (QED) is 0.649. The van der Waals surface area contributed by atoms with Crippen LogP contribution in [0.25, 0.3) is 6.08 Å². The Hall–Kier alpha value is -2.99. The van der Waals surface area contributed by atoms with Gasteiger partial charge in [-0.2, -0.15) is 0 Å². The van der Waals surface area contributed by atoms with Crippen LogP contribution in [0.2, 0.25) is 0 Å². The van der Waals surface area contributed by atoms with Crippen LogP contribution in [-0.2, 0) is 4.79 Å². The number of rotatable bonds is 6. The Bertz CT molecular complexity index is 1000. The number of carbonyl (C=O) groups excluding carboxylic acids is 1. The van der Waals surface area contributed by atoms with Crippen LogP contribution < -0.4 is 14.2 Å². The highest BCUT2D eigenvalue weighted by molar-refractivity contribution is 5.92. The third-order valence-electron chi connectivity index (χ3n) is 7.13. The summed E-state index contributed by atoms with van der Waals surface area (Å²) in [4.78, 5) is 15.3. The van der Waals surface area contributed by atoms with Crippen LogP contribution in [0.1, 0.15) is 49.3 Å². The summed E-state index contributed by atoms with van der Waals surface area (Å²) >= 11 is 0. The van der Waals surface area contributed by atoms with Gasteiger partial charge in [0.05, 0.1) is 33.0 Å². The maximum atomic E-state index is 13.4. The summed E-state index contributed by atoms with van der Waals surface area (Å²) in [7, 11) is 4.85. The monoisotopic (exact) mass is 451 g/mol. The number of hydrogen-bond acceptors (Lipinski definition) is 5. The summed E-state index contributed by atoms with van der Waals surface area (Å²) < 4.78 is 16.1. The van der Waals surface area contributed by atoms with E-state index < -0.39 is 5.60 Å². The fraction of sp³-hybridized carbons (Fsp3) is 0.444. The van der Waals surface area contributed by atoms with Crippen LogP contribution in [0, 0.1) is 5.92 Å². The summed E-state index contributed by atoms with van der Waals surface area (Å²) in [5.41, 5.74) is 1.15. The molecule has 1 aliphatic heterocycles. The van der Waals surface area contributed by atoms with Crippen molar-refractivity contribution in [3.8, 4) is 17.2 Å². The van der Waals surface area contributed by atoms with Crippen LogP contribution in [-0.4, -0.2) is 49.4 Å². The molecular formula is C27H33NO5. The minimum absolute atomic E-state index is 0.0172. The summed E-state index contributed by atoms with van der Waals surface area (Å²) in [6, 6.07) is 13.2. The SMILES string of the molecule is COc1ccc(C=CC(=O)N2CCC3(O)CCCCC3C2c2ccc(OC)c(OC)c2)cc1. The summed E-state index contributed by atoms with van der Waals surface area (Å²) in [6.45, 7) is 0.512. The molecule has 6 heteroatoms. The van der Waals surface area contributed by atoms with Crippen molar-refractivity contribution in [3.05, 3.63) is 59.7 Å². The van der Waals surface area contributed by atoms with Gasteiger partial charge in [0, 0.05) is 18.5 Å². The van der Waals surface area contributed by atoms with Crippen molar-refractivity contribution in [3.63, 3.8) is 0 Å². The van der Waals surface area contributed by atoms with Gasteiger partial charge in [-0.1, -0.05) is 31.0 Å². The maximum Gasteiger partial charge on any atom is 0.247 e. The van der Waals surface area contributed by atoms with E-state index >= 15 is 0 Å². The Morgan fingerprint density at radius 2 is 1.76 bits per heavy atom. The molecule has 1 amide bonds. The largest absolute Gasteiger partial charge is 0.497 e. The predicted octanol–water partition coefficient (Wildman–Crippen LogP) is 4.62. The second-order valence-corrected chi connectivity index (χ2v) is 8.90. The molecule has 2 aromatic rings. The Labute approximate surface area is 195 Å². The van der Waals surface area contributed by atoms with Crippen LogP contribution in [0.4, 0.5) is 0 Å². The zero-order chi connectivity index (χ0) is 23.4. The molecule has 1 aliphatic carbocycles. The zero-order valence-electron chi connectivity index (χ0n) is 19.6. The molecule has 0 spiro atoms.